The Morgan fingerprint density at radius 1 is 0.952 bits per heavy atom. The molecule has 0 atom stereocenters. The lowest BCUT2D eigenvalue weighted by Crippen LogP contribution is -2.08. The standard InChI is InChI=1S/C17H16O4/c18-17(19)16(21-15-10-5-2-6-11-15)12-7-13-20-14-8-3-1-4-9-14/h1-6,8-12H,7,13H2,(H,18,19). The van der Waals surface area contributed by atoms with Crippen LogP contribution >= 0.6 is 0 Å². The van der Waals surface area contributed by atoms with E-state index in [1.165, 1.54) is 6.08 Å². The first kappa shape index (κ1) is 14.7. The summed E-state index contributed by atoms with van der Waals surface area (Å²) in [6.07, 6.45) is 1.96. The number of carboxylic acids is 1. The molecule has 0 saturated carbocycles. The highest BCUT2D eigenvalue weighted by Crippen LogP contribution is 2.14. The van der Waals surface area contributed by atoms with Crippen molar-refractivity contribution in [1.29, 1.82) is 0 Å². The summed E-state index contributed by atoms with van der Waals surface area (Å²) in [5.74, 6) is 0.0540. The van der Waals surface area contributed by atoms with Crippen molar-refractivity contribution < 1.29 is 19.4 Å². The van der Waals surface area contributed by atoms with Gasteiger partial charge in [-0.1, -0.05) is 36.4 Å². The van der Waals surface area contributed by atoms with Gasteiger partial charge >= 0.3 is 5.97 Å². The average Bonchev–Trinajstić information content (AvgIpc) is 2.52. The van der Waals surface area contributed by atoms with Crippen LogP contribution in [-0.2, 0) is 4.79 Å². The Morgan fingerprint density at radius 2 is 1.52 bits per heavy atom. The van der Waals surface area contributed by atoms with Gasteiger partial charge in [-0.05, 0) is 30.3 Å². The van der Waals surface area contributed by atoms with Gasteiger partial charge in [0.2, 0.25) is 5.76 Å². The highest BCUT2D eigenvalue weighted by molar-refractivity contribution is 5.84. The lowest BCUT2D eigenvalue weighted by Gasteiger charge is -2.07. The molecule has 4 nitrogen and oxygen atoms in total. The number of aliphatic carboxylic acids is 1. The SMILES string of the molecule is O=C(O)C(=CCCOc1ccccc1)Oc1ccccc1. The van der Waals surface area contributed by atoms with Gasteiger partial charge in [0.25, 0.3) is 0 Å². The van der Waals surface area contributed by atoms with Crippen LogP contribution in [0.3, 0.4) is 0 Å². The zero-order valence-corrected chi connectivity index (χ0v) is 11.4. The molecule has 0 unspecified atom stereocenters. The first-order valence-electron chi connectivity index (χ1n) is 6.60. The van der Waals surface area contributed by atoms with E-state index >= 15 is 0 Å². The highest BCUT2D eigenvalue weighted by atomic mass is 16.5. The van der Waals surface area contributed by atoms with Crippen molar-refractivity contribution in [3.05, 3.63) is 72.5 Å². The quantitative estimate of drug-likeness (QED) is 0.480. The minimum Gasteiger partial charge on any atom is -0.493 e. The van der Waals surface area contributed by atoms with E-state index in [0.717, 1.165) is 5.75 Å². The Bertz CT molecular complexity index is 591. The van der Waals surface area contributed by atoms with Crippen LogP contribution in [-0.4, -0.2) is 17.7 Å². The first-order valence-corrected chi connectivity index (χ1v) is 6.60. The number of benzene rings is 2. The van der Waals surface area contributed by atoms with Crippen molar-refractivity contribution in [3.63, 3.8) is 0 Å². The minimum atomic E-state index is -1.10. The van der Waals surface area contributed by atoms with Crippen LogP contribution in [0, 0.1) is 0 Å². The molecule has 2 rings (SSSR count). The molecule has 4 heteroatoms. The summed E-state index contributed by atoms with van der Waals surface area (Å²) >= 11 is 0. The maximum absolute atomic E-state index is 11.1. The molecule has 0 saturated heterocycles. The van der Waals surface area contributed by atoms with E-state index in [9.17, 15) is 4.79 Å². The van der Waals surface area contributed by atoms with E-state index in [2.05, 4.69) is 0 Å². The van der Waals surface area contributed by atoms with E-state index in [1.807, 2.05) is 36.4 Å². The number of hydrogen-bond acceptors (Lipinski definition) is 3. The van der Waals surface area contributed by atoms with E-state index in [-0.39, 0.29) is 5.76 Å². The summed E-state index contributed by atoms with van der Waals surface area (Å²) in [7, 11) is 0. The van der Waals surface area contributed by atoms with Gasteiger partial charge in [0, 0.05) is 6.42 Å². The third kappa shape index (κ3) is 5.03. The molecule has 0 aliphatic carbocycles. The molecule has 21 heavy (non-hydrogen) atoms. The molecule has 1 N–H and O–H groups in total. The molecule has 0 aliphatic rings. The summed E-state index contributed by atoms with van der Waals surface area (Å²) in [6, 6.07) is 18.2. The second-order valence-electron chi connectivity index (χ2n) is 4.24. The summed E-state index contributed by atoms with van der Waals surface area (Å²) in [4.78, 5) is 11.1. The Kier molecular flexibility index (Phi) is 5.41. The predicted octanol–water partition coefficient (Wildman–Crippen LogP) is 3.50. The molecule has 0 heterocycles. The summed E-state index contributed by atoms with van der Waals surface area (Å²) in [5, 5.41) is 9.12. The zero-order chi connectivity index (χ0) is 14.9. The van der Waals surface area contributed by atoms with Gasteiger partial charge in [-0.25, -0.2) is 4.79 Å². The molecule has 0 radical (unpaired) electrons. The topological polar surface area (TPSA) is 55.8 Å². The fraction of sp³-hybridized carbons (Fsp3) is 0.118. The zero-order valence-electron chi connectivity index (χ0n) is 11.4. The van der Waals surface area contributed by atoms with Crippen molar-refractivity contribution >= 4 is 5.97 Å². The number of hydrogen-bond donors (Lipinski definition) is 1. The number of carbonyl (C=O) groups is 1. The normalized spacial score (nSPS) is 11.0. The molecule has 0 fully saturated rings. The number of para-hydroxylation sites is 2. The second-order valence-corrected chi connectivity index (χ2v) is 4.24. The fourth-order valence-corrected chi connectivity index (χ4v) is 1.67. The van der Waals surface area contributed by atoms with Gasteiger partial charge in [-0.2, -0.15) is 0 Å². The Hall–Kier alpha value is -2.75. The van der Waals surface area contributed by atoms with E-state index in [1.54, 1.807) is 24.3 Å². The van der Waals surface area contributed by atoms with E-state index in [4.69, 9.17) is 14.6 Å². The number of carboxylic acid groups (broad SMARTS) is 1. The molecule has 108 valence electrons. The van der Waals surface area contributed by atoms with Gasteiger partial charge in [0.1, 0.15) is 11.5 Å². The smallest absolute Gasteiger partial charge is 0.371 e. The first-order chi connectivity index (χ1) is 10.3. The second kappa shape index (κ2) is 7.75. The summed E-state index contributed by atoms with van der Waals surface area (Å²) < 4.78 is 10.8. The van der Waals surface area contributed by atoms with E-state index < -0.39 is 5.97 Å². The Labute approximate surface area is 123 Å². The molecule has 0 bridgehead atoms. The van der Waals surface area contributed by atoms with Gasteiger partial charge < -0.3 is 14.6 Å². The monoisotopic (exact) mass is 284 g/mol. The summed E-state index contributed by atoms with van der Waals surface area (Å²) in [5.41, 5.74) is 0. The van der Waals surface area contributed by atoms with Gasteiger partial charge in [-0.15, -0.1) is 0 Å². The fourth-order valence-electron chi connectivity index (χ4n) is 1.67. The largest absolute Gasteiger partial charge is 0.493 e. The Balaban J connectivity index is 1.88. The van der Waals surface area contributed by atoms with Crippen LogP contribution in [0.4, 0.5) is 0 Å². The predicted molar refractivity (Wildman–Crippen MR) is 79.3 cm³/mol. The van der Waals surface area contributed by atoms with Crippen LogP contribution in [0.15, 0.2) is 72.5 Å². The van der Waals surface area contributed by atoms with Crippen molar-refractivity contribution in [1.82, 2.24) is 0 Å². The molecular formula is C17H16O4. The van der Waals surface area contributed by atoms with E-state index in [0.29, 0.717) is 18.8 Å². The van der Waals surface area contributed by atoms with Crippen LogP contribution in [0.25, 0.3) is 0 Å². The Morgan fingerprint density at radius 3 is 2.10 bits per heavy atom. The van der Waals surface area contributed by atoms with Crippen molar-refractivity contribution in [2.24, 2.45) is 0 Å². The van der Waals surface area contributed by atoms with Crippen molar-refractivity contribution in [3.8, 4) is 11.5 Å². The van der Waals surface area contributed by atoms with Crippen LogP contribution in [0.5, 0.6) is 11.5 Å². The maximum atomic E-state index is 11.1. The van der Waals surface area contributed by atoms with Crippen molar-refractivity contribution in [2.75, 3.05) is 6.61 Å². The highest BCUT2D eigenvalue weighted by Gasteiger charge is 2.09. The molecule has 0 spiro atoms. The van der Waals surface area contributed by atoms with Gasteiger partial charge in [0.05, 0.1) is 6.61 Å². The van der Waals surface area contributed by atoms with Crippen LogP contribution in [0.2, 0.25) is 0 Å². The minimum absolute atomic E-state index is 0.0992. The molecule has 2 aromatic carbocycles. The number of ether oxygens (including phenoxy) is 2. The average molecular weight is 284 g/mol. The van der Waals surface area contributed by atoms with Gasteiger partial charge in [0.15, 0.2) is 0 Å². The molecule has 0 aromatic heterocycles. The molecular weight excluding hydrogens is 268 g/mol. The van der Waals surface area contributed by atoms with Crippen LogP contribution in [0.1, 0.15) is 6.42 Å². The van der Waals surface area contributed by atoms with Crippen molar-refractivity contribution in [2.45, 2.75) is 6.42 Å². The lowest BCUT2D eigenvalue weighted by atomic mass is 10.3. The molecule has 0 aliphatic heterocycles. The van der Waals surface area contributed by atoms with Crippen LogP contribution < -0.4 is 9.47 Å². The number of rotatable bonds is 7. The molecule has 2 aromatic rings. The summed E-state index contributed by atoms with van der Waals surface area (Å²) in [6.45, 7) is 0.388. The third-order valence-corrected chi connectivity index (χ3v) is 2.64. The molecule has 0 amide bonds. The third-order valence-electron chi connectivity index (χ3n) is 2.64. The lowest BCUT2D eigenvalue weighted by molar-refractivity contribution is -0.135. The maximum Gasteiger partial charge on any atom is 0.371 e. The van der Waals surface area contributed by atoms with Gasteiger partial charge in [-0.3, -0.25) is 0 Å².